The van der Waals surface area contributed by atoms with Gasteiger partial charge in [0, 0.05) is 18.8 Å². The summed E-state index contributed by atoms with van der Waals surface area (Å²) in [7, 11) is 3.08. The fourth-order valence-corrected chi connectivity index (χ4v) is 2.35. The number of nitrogens with zero attached hydrogens (tertiary/aromatic N) is 2. The third kappa shape index (κ3) is 3.48. The number of benzene rings is 2. The Morgan fingerprint density at radius 1 is 1.22 bits per heavy atom. The minimum absolute atomic E-state index is 0.0446. The van der Waals surface area contributed by atoms with Crippen LogP contribution in [0.5, 0.6) is 0 Å². The van der Waals surface area contributed by atoms with Crippen molar-refractivity contribution in [2.45, 2.75) is 13.0 Å². The van der Waals surface area contributed by atoms with Gasteiger partial charge in [-0.3, -0.25) is 10.1 Å². The standard InChI is InChI=1S/C17H18N2O4/c1-12(13-7-5-4-6-8-13)18(2)14-9-10-16(19(21)22)15(11-14)17(20)23-3/h4-12H,1-3H3. The first-order valence-corrected chi connectivity index (χ1v) is 7.10. The molecular weight excluding hydrogens is 296 g/mol. The Hall–Kier alpha value is -2.89. The van der Waals surface area contributed by atoms with Crippen molar-refractivity contribution in [2.24, 2.45) is 0 Å². The molecule has 23 heavy (non-hydrogen) atoms. The molecule has 0 fully saturated rings. The van der Waals surface area contributed by atoms with Gasteiger partial charge < -0.3 is 9.64 Å². The molecule has 0 bridgehead atoms. The fraction of sp³-hybridized carbons (Fsp3) is 0.235. The lowest BCUT2D eigenvalue weighted by Gasteiger charge is -2.27. The van der Waals surface area contributed by atoms with Crippen LogP contribution in [0.4, 0.5) is 11.4 Å². The van der Waals surface area contributed by atoms with Crippen molar-refractivity contribution in [3.05, 3.63) is 69.8 Å². The zero-order valence-corrected chi connectivity index (χ0v) is 13.2. The third-order valence-electron chi connectivity index (χ3n) is 3.85. The molecule has 2 aromatic carbocycles. The molecule has 6 nitrogen and oxygen atoms in total. The molecular formula is C17H18N2O4. The summed E-state index contributed by atoms with van der Waals surface area (Å²) >= 11 is 0. The van der Waals surface area contributed by atoms with Crippen LogP contribution in [0.25, 0.3) is 0 Å². The number of ether oxygens (including phenoxy) is 1. The predicted octanol–water partition coefficient (Wildman–Crippen LogP) is 3.58. The van der Waals surface area contributed by atoms with E-state index in [4.69, 9.17) is 0 Å². The lowest BCUT2D eigenvalue weighted by atomic mass is 10.1. The van der Waals surface area contributed by atoms with Gasteiger partial charge in [-0.2, -0.15) is 0 Å². The number of nitro benzene ring substituents is 1. The lowest BCUT2D eigenvalue weighted by molar-refractivity contribution is -0.385. The summed E-state index contributed by atoms with van der Waals surface area (Å²) < 4.78 is 4.65. The van der Waals surface area contributed by atoms with E-state index < -0.39 is 10.9 Å². The van der Waals surface area contributed by atoms with Gasteiger partial charge in [0.25, 0.3) is 5.69 Å². The SMILES string of the molecule is COC(=O)c1cc(N(C)C(C)c2ccccc2)ccc1[N+](=O)[O-]. The molecule has 0 aromatic heterocycles. The molecule has 0 N–H and O–H groups in total. The predicted molar refractivity (Wildman–Crippen MR) is 87.7 cm³/mol. The molecule has 6 heteroatoms. The smallest absolute Gasteiger partial charge is 0.344 e. The van der Waals surface area contributed by atoms with Gasteiger partial charge in [0.05, 0.1) is 18.1 Å². The molecule has 0 saturated heterocycles. The van der Waals surface area contributed by atoms with Crippen LogP contribution in [0.2, 0.25) is 0 Å². The van der Waals surface area contributed by atoms with Crippen LogP contribution >= 0.6 is 0 Å². The van der Waals surface area contributed by atoms with Gasteiger partial charge in [0.2, 0.25) is 0 Å². The summed E-state index contributed by atoms with van der Waals surface area (Å²) in [5, 5.41) is 11.1. The van der Waals surface area contributed by atoms with Gasteiger partial charge in [-0.15, -0.1) is 0 Å². The highest BCUT2D eigenvalue weighted by atomic mass is 16.6. The maximum absolute atomic E-state index is 11.8. The molecule has 0 saturated carbocycles. The second-order valence-corrected chi connectivity index (χ2v) is 5.15. The topological polar surface area (TPSA) is 72.7 Å². The zero-order valence-electron chi connectivity index (χ0n) is 13.2. The van der Waals surface area contributed by atoms with Crippen LogP contribution in [-0.4, -0.2) is 25.1 Å². The maximum Gasteiger partial charge on any atom is 0.344 e. The van der Waals surface area contributed by atoms with Crippen LogP contribution in [0.3, 0.4) is 0 Å². The summed E-state index contributed by atoms with van der Waals surface area (Å²) in [5.41, 5.74) is 1.49. The molecule has 0 amide bonds. The first-order valence-electron chi connectivity index (χ1n) is 7.10. The molecule has 2 aromatic rings. The number of rotatable bonds is 5. The number of carbonyl (C=O) groups excluding carboxylic acids is 1. The van der Waals surface area contributed by atoms with E-state index in [0.29, 0.717) is 5.69 Å². The fourth-order valence-electron chi connectivity index (χ4n) is 2.35. The molecule has 1 atom stereocenters. The Morgan fingerprint density at radius 3 is 2.43 bits per heavy atom. The Morgan fingerprint density at radius 2 is 1.87 bits per heavy atom. The van der Waals surface area contributed by atoms with Gasteiger partial charge in [-0.25, -0.2) is 4.79 Å². The average Bonchev–Trinajstić information content (AvgIpc) is 2.59. The first-order chi connectivity index (χ1) is 11.0. The van der Waals surface area contributed by atoms with Crippen molar-refractivity contribution in [3.63, 3.8) is 0 Å². The van der Waals surface area contributed by atoms with E-state index in [2.05, 4.69) is 4.74 Å². The summed E-state index contributed by atoms with van der Waals surface area (Å²) in [6.45, 7) is 2.02. The number of hydrogen-bond donors (Lipinski definition) is 0. The molecule has 0 radical (unpaired) electrons. The molecule has 0 aliphatic heterocycles. The Kier molecular flexibility index (Phi) is 4.95. The zero-order chi connectivity index (χ0) is 17.0. The van der Waals surface area contributed by atoms with Crippen molar-refractivity contribution in [1.29, 1.82) is 0 Å². The largest absolute Gasteiger partial charge is 0.465 e. The number of carbonyl (C=O) groups is 1. The van der Waals surface area contributed by atoms with Crippen molar-refractivity contribution in [2.75, 3.05) is 19.1 Å². The van der Waals surface area contributed by atoms with Crippen LogP contribution in [-0.2, 0) is 4.74 Å². The van der Waals surface area contributed by atoms with Crippen LogP contribution in [0.15, 0.2) is 48.5 Å². The van der Waals surface area contributed by atoms with Gasteiger partial charge in [0.15, 0.2) is 0 Å². The normalized spacial score (nSPS) is 11.6. The highest BCUT2D eigenvalue weighted by Crippen LogP contribution is 2.30. The highest BCUT2D eigenvalue weighted by molar-refractivity contribution is 5.95. The number of methoxy groups -OCH3 is 1. The van der Waals surface area contributed by atoms with E-state index in [-0.39, 0.29) is 17.3 Å². The molecule has 2 rings (SSSR count). The van der Waals surface area contributed by atoms with Crippen molar-refractivity contribution >= 4 is 17.3 Å². The maximum atomic E-state index is 11.8. The van der Waals surface area contributed by atoms with E-state index in [9.17, 15) is 14.9 Å². The summed E-state index contributed by atoms with van der Waals surface area (Å²) in [6.07, 6.45) is 0. The van der Waals surface area contributed by atoms with E-state index in [0.717, 1.165) is 5.56 Å². The van der Waals surface area contributed by atoms with Crippen molar-refractivity contribution < 1.29 is 14.5 Å². The second kappa shape index (κ2) is 6.91. The van der Waals surface area contributed by atoms with Crippen LogP contribution < -0.4 is 4.90 Å². The minimum Gasteiger partial charge on any atom is -0.465 e. The first kappa shape index (κ1) is 16.5. The average molecular weight is 314 g/mol. The molecule has 0 heterocycles. The minimum atomic E-state index is -0.723. The summed E-state index contributed by atoms with van der Waals surface area (Å²) in [5.74, 6) is -0.723. The molecule has 1 unspecified atom stereocenters. The highest BCUT2D eigenvalue weighted by Gasteiger charge is 2.23. The second-order valence-electron chi connectivity index (χ2n) is 5.15. The summed E-state index contributed by atoms with van der Waals surface area (Å²) in [4.78, 5) is 24.2. The summed E-state index contributed by atoms with van der Waals surface area (Å²) in [6, 6.07) is 14.4. The Balaban J connectivity index is 2.39. The van der Waals surface area contributed by atoms with E-state index >= 15 is 0 Å². The Bertz CT molecular complexity index is 716. The number of nitro groups is 1. The van der Waals surface area contributed by atoms with E-state index in [1.807, 2.05) is 49.2 Å². The van der Waals surface area contributed by atoms with E-state index in [1.54, 1.807) is 6.07 Å². The van der Waals surface area contributed by atoms with Gasteiger partial charge in [-0.05, 0) is 24.6 Å². The van der Waals surface area contributed by atoms with E-state index in [1.165, 1.54) is 19.2 Å². The molecule has 0 aliphatic rings. The lowest BCUT2D eigenvalue weighted by Crippen LogP contribution is -2.22. The number of anilines is 1. The molecule has 0 aliphatic carbocycles. The molecule has 0 spiro atoms. The number of hydrogen-bond acceptors (Lipinski definition) is 5. The quantitative estimate of drug-likeness (QED) is 0.479. The third-order valence-corrected chi connectivity index (χ3v) is 3.85. The van der Waals surface area contributed by atoms with Crippen molar-refractivity contribution in [3.8, 4) is 0 Å². The molecule has 120 valence electrons. The van der Waals surface area contributed by atoms with Gasteiger partial charge in [-0.1, -0.05) is 30.3 Å². The van der Waals surface area contributed by atoms with Gasteiger partial charge in [0.1, 0.15) is 5.56 Å². The van der Waals surface area contributed by atoms with Gasteiger partial charge >= 0.3 is 5.97 Å². The number of esters is 1. The van der Waals surface area contributed by atoms with Crippen LogP contribution in [0.1, 0.15) is 28.9 Å². The monoisotopic (exact) mass is 314 g/mol. The van der Waals surface area contributed by atoms with Crippen molar-refractivity contribution in [1.82, 2.24) is 0 Å². The van der Waals surface area contributed by atoms with Crippen LogP contribution in [0, 0.1) is 10.1 Å². The Labute approximate surface area is 134 Å².